The summed E-state index contributed by atoms with van der Waals surface area (Å²) in [5.74, 6) is 0.705. The molecule has 5 nitrogen and oxygen atoms in total. The van der Waals surface area contributed by atoms with Crippen molar-refractivity contribution < 1.29 is 9.47 Å². The van der Waals surface area contributed by atoms with E-state index in [1.807, 2.05) is 19.9 Å². The number of aryl methyl sites for hydroxylation is 2. The van der Waals surface area contributed by atoms with Crippen molar-refractivity contribution in [1.29, 1.82) is 0 Å². The summed E-state index contributed by atoms with van der Waals surface area (Å²) in [6.45, 7) is 7.14. The van der Waals surface area contributed by atoms with Crippen molar-refractivity contribution in [3.05, 3.63) is 17.5 Å². The van der Waals surface area contributed by atoms with Crippen LogP contribution in [0, 0.1) is 13.8 Å². The van der Waals surface area contributed by atoms with Gasteiger partial charge < -0.3 is 14.8 Å². The quantitative estimate of drug-likeness (QED) is 0.765. The Kier molecular flexibility index (Phi) is 5.54. The van der Waals surface area contributed by atoms with Crippen molar-refractivity contribution in [2.75, 3.05) is 31.7 Å². The molecule has 1 fully saturated rings. The lowest BCUT2D eigenvalue weighted by atomic mass is 10.2. The third kappa shape index (κ3) is 5.12. The topological polar surface area (TPSA) is 56.3 Å². The standard InChI is InChI=1S/C14H23N3O2/c1-11-9-12(2)17-14(16-11)15-6-4-7-18-10-13-5-3-8-19-13/h9,13H,3-8,10H2,1-2H3,(H,15,16,17). The van der Waals surface area contributed by atoms with Crippen LogP contribution in [-0.2, 0) is 9.47 Å². The highest BCUT2D eigenvalue weighted by molar-refractivity contribution is 5.27. The highest BCUT2D eigenvalue weighted by atomic mass is 16.5. The molecule has 5 heteroatoms. The Bertz CT molecular complexity index is 372. The van der Waals surface area contributed by atoms with Crippen LogP contribution in [-0.4, -0.2) is 42.4 Å². The van der Waals surface area contributed by atoms with Crippen LogP contribution in [0.25, 0.3) is 0 Å². The fraction of sp³-hybridized carbons (Fsp3) is 0.714. The van der Waals surface area contributed by atoms with Gasteiger partial charge in [-0.25, -0.2) is 9.97 Å². The lowest BCUT2D eigenvalue weighted by Crippen LogP contribution is -2.16. The predicted molar refractivity (Wildman–Crippen MR) is 74.4 cm³/mol. The van der Waals surface area contributed by atoms with E-state index >= 15 is 0 Å². The molecule has 0 spiro atoms. The van der Waals surface area contributed by atoms with Crippen molar-refractivity contribution in [3.63, 3.8) is 0 Å². The van der Waals surface area contributed by atoms with Gasteiger partial charge in [0.2, 0.25) is 5.95 Å². The molecule has 1 N–H and O–H groups in total. The van der Waals surface area contributed by atoms with Crippen molar-refractivity contribution in [1.82, 2.24) is 9.97 Å². The zero-order valence-corrected chi connectivity index (χ0v) is 11.8. The van der Waals surface area contributed by atoms with E-state index in [2.05, 4.69) is 15.3 Å². The van der Waals surface area contributed by atoms with E-state index in [1.165, 1.54) is 6.42 Å². The Hall–Kier alpha value is -1.20. The molecule has 1 aromatic heterocycles. The molecule has 2 heterocycles. The van der Waals surface area contributed by atoms with E-state index < -0.39 is 0 Å². The first kappa shape index (κ1) is 14.2. The van der Waals surface area contributed by atoms with Gasteiger partial charge in [-0.2, -0.15) is 0 Å². The molecule has 1 unspecified atom stereocenters. The Morgan fingerprint density at radius 1 is 1.37 bits per heavy atom. The summed E-state index contributed by atoms with van der Waals surface area (Å²) in [5, 5.41) is 3.22. The number of nitrogens with zero attached hydrogens (tertiary/aromatic N) is 2. The molecule has 1 saturated heterocycles. The molecule has 0 saturated carbocycles. The average molecular weight is 265 g/mol. The first-order chi connectivity index (χ1) is 9.24. The predicted octanol–water partition coefficient (Wildman–Crippen LogP) is 2.09. The van der Waals surface area contributed by atoms with Gasteiger partial charge in [0.1, 0.15) is 0 Å². The Morgan fingerprint density at radius 2 is 2.16 bits per heavy atom. The lowest BCUT2D eigenvalue weighted by molar-refractivity contribution is 0.0172. The van der Waals surface area contributed by atoms with Gasteiger partial charge in [-0.3, -0.25) is 0 Å². The first-order valence-corrected chi connectivity index (χ1v) is 6.99. The molecule has 2 rings (SSSR count). The molecule has 0 aromatic carbocycles. The van der Waals surface area contributed by atoms with Crippen molar-refractivity contribution in [2.24, 2.45) is 0 Å². The minimum absolute atomic E-state index is 0.315. The van der Waals surface area contributed by atoms with Gasteiger partial charge in [-0.15, -0.1) is 0 Å². The van der Waals surface area contributed by atoms with Crippen LogP contribution >= 0.6 is 0 Å². The summed E-state index contributed by atoms with van der Waals surface area (Å²) in [7, 11) is 0. The molecule has 0 amide bonds. The van der Waals surface area contributed by atoms with E-state index in [-0.39, 0.29) is 0 Å². The first-order valence-electron chi connectivity index (χ1n) is 6.99. The van der Waals surface area contributed by atoms with Crippen molar-refractivity contribution >= 4 is 5.95 Å². The van der Waals surface area contributed by atoms with Gasteiger partial charge in [0.05, 0.1) is 12.7 Å². The number of aromatic nitrogens is 2. The molecular weight excluding hydrogens is 242 g/mol. The highest BCUT2D eigenvalue weighted by Gasteiger charge is 2.14. The molecule has 106 valence electrons. The van der Waals surface area contributed by atoms with Crippen LogP contribution in [0.4, 0.5) is 5.95 Å². The van der Waals surface area contributed by atoms with Gasteiger partial charge in [0.25, 0.3) is 0 Å². The zero-order chi connectivity index (χ0) is 13.5. The molecule has 1 aliphatic rings. The molecular formula is C14H23N3O2. The minimum atomic E-state index is 0.315. The van der Waals surface area contributed by atoms with Crippen molar-refractivity contribution in [2.45, 2.75) is 39.2 Å². The molecule has 0 bridgehead atoms. The second-order valence-electron chi connectivity index (χ2n) is 4.96. The van der Waals surface area contributed by atoms with E-state index in [1.54, 1.807) is 0 Å². The fourth-order valence-corrected chi connectivity index (χ4v) is 2.17. The van der Waals surface area contributed by atoms with Crippen LogP contribution in [0.2, 0.25) is 0 Å². The molecule has 1 aliphatic heterocycles. The Morgan fingerprint density at radius 3 is 2.84 bits per heavy atom. The van der Waals surface area contributed by atoms with E-state index in [0.29, 0.717) is 12.1 Å². The average Bonchev–Trinajstić information content (AvgIpc) is 2.85. The number of nitrogens with one attached hydrogen (secondary N) is 1. The fourth-order valence-electron chi connectivity index (χ4n) is 2.17. The molecule has 1 atom stereocenters. The van der Waals surface area contributed by atoms with Gasteiger partial charge in [-0.05, 0) is 39.2 Å². The lowest BCUT2D eigenvalue weighted by Gasteiger charge is -2.10. The maximum Gasteiger partial charge on any atom is 0.223 e. The maximum absolute atomic E-state index is 5.60. The summed E-state index contributed by atoms with van der Waals surface area (Å²) in [6.07, 6.45) is 3.56. The van der Waals surface area contributed by atoms with Gasteiger partial charge >= 0.3 is 0 Å². The molecule has 0 radical (unpaired) electrons. The van der Waals surface area contributed by atoms with Crippen molar-refractivity contribution in [3.8, 4) is 0 Å². The van der Waals surface area contributed by atoms with Crippen LogP contribution in [0.5, 0.6) is 0 Å². The van der Waals surface area contributed by atoms with Gasteiger partial charge in [-0.1, -0.05) is 0 Å². The third-order valence-electron chi connectivity index (χ3n) is 3.06. The second kappa shape index (κ2) is 7.40. The Balaban J connectivity index is 1.56. The minimum Gasteiger partial charge on any atom is -0.379 e. The number of anilines is 1. The maximum atomic E-state index is 5.60. The van der Waals surface area contributed by atoms with Crippen LogP contribution in [0.3, 0.4) is 0 Å². The summed E-state index contributed by atoms with van der Waals surface area (Å²) in [6, 6.07) is 1.97. The molecule has 1 aromatic rings. The Labute approximate surface area is 114 Å². The zero-order valence-electron chi connectivity index (χ0n) is 11.8. The van der Waals surface area contributed by atoms with Crippen LogP contribution < -0.4 is 5.32 Å². The highest BCUT2D eigenvalue weighted by Crippen LogP contribution is 2.11. The summed E-state index contributed by atoms with van der Waals surface area (Å²) >= 11 is 0. The largest absolute Gasteiger partial charge is 0.379 e. The van der Waals surface area contributed by atoms with E-state index in [4.69, 9.17) is 9.47 Å². The monoisotopic (exact) mass is 265 g/mol. The summed E-state index contributed by atoms with van der Waals surface area (Å²) < 4.78 is 11.1. The molecule has 0 aliphatic carbocycles. The van der Waals surface area contributed by atoms with Gasteiger partial charge in [0.15, 0.2) is 0 Å². The SMILES string of the molecule is Cc1cc(C)nc(NCCCOCC2CCCO2)n1. The number of ether oxygens (including phenoxy) is 2. The number of rotatable bonds is 7. The number of hydrogen-bond acceptors (Lipinski definition) is 5. The normalized spacial score (nSPS) is 18.7. The van der Waals surface area contributed by atoms with Gasteiger partial charge in [0, 0.05) is 31.1 Å². The third-order valence-corrected chi connectivity index (χ3v) is 3.06. The smallest absolute Gasteiger partial charge is 0.223 e. The van der Waals surface area contributed by atoms with E-state index in [0.717, 1.165) is 50.6 Å². The van der Waals surface area contributed by atoms with Crippen LogP contribution in [0.1, 0.15) is 30.7 Å². The summed E-state index contributed by atoms with van der Waals surface area (Å²) in [4.78, 5) is 8.66. The summed E-state index contributed by atoms with van der Waals surface area (Å²) in [5.41, 5.74) is 1.98. The molecule has 19 heavy (non-hydrogen) atoms. The van der Waals surface area contributed by atoms with E-state index in [9.17, 15) is 0 Å². The number of hydrogen-bond donors (Lipinski definition) is 1. The second-order valence-corrected chi connectivity index (χ2v) is 4.96. The van der Waals surface area contributed by atoms with Crippen LogP contribution in [0.15, 0.2) is 6.07 Å².